The summed E-state index contributed by atoms with van der Waals surface area (Å²) in [6.07, 6.45) is 2.51. The zero-order valence-electron chi connectivity index (χ0n) is 17.5. The highest BCUT2D eigenvalue weighted by Gasteiger charge is 2.36. The topological polar surface area (TPSA) is 110 Å². The van der Waals surface area contributed by atoms with Crippen molar-refractivity contribution in [1.29, 1.82) is 0 Å². The van der Waals surface area contributed by atoms with Gasteiger partial charge in [0.05, 0.1) is 4.92 Å². The molecule has 2 aromatic heterocycles. The number of nitrogens with one attached hydrogen (secondary N) is 1. The minimum atomic E-state index is -0.469. The van der Waals surface area contributed by atoms with Crippen LogP contribution in [0, 0.1) is 16.0 Å². The Kier molecular flexibility index (Phi) is 5.45. The number of carbonyl (C=O) groups excluding carboxylic acids is 1. The monoisotopic (exact) mass is 509 g/mol. The summed E-state index contributed by atoms with van der Waals surface area (Å²) in [5.41, 5.74) is 1.53. The number of rotatable bonds is 4. The normalized spacial score (nSPS) is 19.0. The number of carbonyl (C=O) groups is 1. The minimum Gasteiger partial charge on any atom is -0.365 e. The summed E-state index contributed by atoms with van der Waals surface area (Å²) in [4.78, 5) is 42.5. The quantitative estimate of drug-likeness (QED) is 0.423. The van der Waals surface area contributed by atoms with E-state index >= 15 is 0 Å². The first kappa shape index (κ1) is 21.3. The van der Waals surface area contributed by atoms with Crippen molar-refractivity contribution in [1.82, 2.24) is 9.55 Å². The van der Waals surface area contributed by atoms with Crippen LogP contribution in [0.3, 0.4) is 0 Å². The van der Waals surface area contributed by atoms with Gasteiger partial charge in [-0.25, -0.2) is 4.98 Å². The fourth-order valence-electron chi connectivity index (χ4n) is 4.81. The maximum Gasteiger partial charge on any atom is 0.293 e. The number of benzene rings is 1. The van der Waals surface area contributed by atoms with E-state index in [4.69, 9.17) is 0 Å². The van der Waals surface area contributed by atoms with Crippen molar-refractivity contribution < 1.29 is 9.72 Å². The van der Waals surface area contributed by atoms with Crippen LogP contribution in [0.1, 0.15) is 28.4 Å². The number of pyridine rings is 2. The second-order valence-corrected chi connectivity index (χ2v) is 9.30. The molecule has 1 N–H and O–H groups in total. The first-order valence-corrected chi connectivity index (χ1v) is 11.3. The Morgan fingerprint density at radius 2 is 2.00 bits per heavy atom. The van der Waals surface area contributed by atoms with E-state index in [1.807, 2.05) is 15.5 Å². The molecular formula is C23H20BrN5O4. The number of nitrogens with zero attached hydrogens (tertiary/aromatic N) is 4. The van der Waals surface area contributed by atoms with Crippen LogP contribution in [0.2, 0.25) is 0 Å². The molecule has 4 heterocycles. The van der Waals surface area contributed by atoms with Gasteiger partial charge in [0.15, 0.2) is 0 Å². The maximum absolute atomic E-state index is 12.7. The molecule has 168 valence electrons. The molecule has 2 aliphatic rings. The molecule has 9 nitrogen and oxygen atoms in total. The SMILES string of the molecule is O=C(Nc1ccc(Br)cn1)c1ccc(N2CC3CC(C2)c2cccc(=O)n2C3)c([N+](=O)[O-])c1. The Hall–Kier alpha value is -3.53. The molecule has 5 rings (SSSR count). The Labute approximate surface area is 197 Å². The van der Waals surface area contributed by atoms with Crippen LogP contribution >= 0.6 is 15.9 Å². The van der Waals surface area contributed by atoms with Gasteiger partial charge in [-0.05, 0) is 58.6 Å². The number of halogens is 1. The van der Waals surface area contributed by atoms with Crippen molar-refractivity contribution in [3.05, 3.63) is 90.9 Å². The predicted molar refractivity (Wildman–Crippen MR) is 127 cm³/mol. The van der Waals surface area contributed by atoms with Crippen molar-refractivity contribution in [2.24, 2.45) is 5.92 Å². The predicted octanol–water partition coefficient (Wildman–Crippen LogP) is 3.79. The summed E-state index contributed by atoms with van der Waals surface area (Å²) in [5, 5.41) is 14.6. The van der Waals surface area contributed by atoms with Gasteiger partial charge in [0.25, 0.3) is 17.2 Å². The molecule has 0 spiro atoms. The summed E-state index contributed by atoms with van der Waals surface area (Å²) >= 11 is 3.29. The summed E-state index contributed by atoms with van der Waals surface area (Å²) in [7, 11) is 0. The lowest BCUT2D eigenvalue weighted by atomic mass is 9.83. The van der Waals surface area contributed by atoms with Crippen molar-refractivity contribution in [2.45, 2.75) is 18.9 Å². The van der Waals surface area contributed by atoms with Gasteiger partial charge in [0, 0.05) is 59.6 Å². The summed E-state index contributed by atoms with van der Waals surface area (Å²) in [5.74, 6) is 0.232. The standard InChI is InChI=1S/C23H20BrN5O4/c24-17-5-7-21(25-10-17)26-23(31)15-4-6-19(20(9-15)29(32)33)27-11-14-8-16(13-27)18-2-1-3-22(30)28(18)12-14/h1-7,9-10,14,16H,8,11-13H2,(H,25,26,31). The highest BCUT2D eigenvalue weighted by molar-refractivity contribution is 9.10. The van der Waals surface area contributed by atoms with E-state index in [9.17, 15) is 19.7 Å². The van der Waals surface area contributed by atoms with Crippen LogP contribution in [0.25, 0.3) is 0 Å². The molecule has 0 saturated carbocycles. The number of hydrogen-bond acceptors (Lipinski definition) is 6. The fourth-order valence-corrected chi connectivity index (χ4v) is 5.04. The molecule has 1 aromatic carbocycles. The van der Waals surface area contributed by atoms with E-state index in [0.717, 1.165) is 16.6 Å². The number of piperidine rings is 1. The van der Waals surface area contributed by atoms with Gasteiger partial charge in [-0.1, -0.05) is 6.07 Å². The van der Waals surface area contributed by atoms with E-state index in [-0.39, 0.29) is 28.6 Å². The third-order valence-corrected chi connectivity index (χ3v) is 6.69. The largest absolute Gasteiger partial charge is 0.365 e. The number of fused-ring (bicyclic) bond motifs is 4. The third kappa shape index (κ3) is 4.13. The Balaban J connectivity index is 1.42. The average molecular weight is 510 g/mol. The van der Waals surface area contributed by atoms with Gasteiger partial charge < -0.3 is 14.8 Å². The van der Waals surface area contributed by atoms with Crippen LogP contribution in [0.15, 0.2) is 64.0 Å². The first-order valence-electron chi connectivity index (χ1n) is 10.5. The molecule has 2 aliphatic heterocycles. The third-order valence-electron chi connectivity index (χ3n) is 6.22. The Morgan fingerprint density at radius 3 is 2.76 bits per heavy atom. The summed E-state index contributed by atoms with van der Waals surface area (Å²) < 4.78 is 2.60. The maximum atomic E-state index is 12.7. The minimum absolute atomic E-state index is 0.00254. The van der Waals surface area contributed by atoms with E-state index in [0.29, 0.717) is 31.1 Å². The lowest BCUT2D eigenvalue weighted by Crippen LogP contribution is -2.47. The highest BCUT2D eigenvalue weighted by Crippen LogP contribution is 2.39. The van der Waals surface area contributed by atoms with Crippen LogP contribution < -0.4 is 15.8 Å². The van der Waals surface area contributed by atoms with E-state index in [2.05, 4.69) is 26.2 Å². The van der Waals surface area contributed by atoms with Crippen molar-refractivity contribution in [2.75, 3.05) is 23.3 Å². The average Bonchev–Trinajstić information content (AvgIpc) is 2.80. The lowest BCUT2D eigenvalue weighted by molar-refractivity contribution is -0.384. The van der Waals surface area contributed by atoms with Crippen LogP contribution in [-0.4, -0.2) is 33.5 Å². The fraction of sp³-hybridized carbons (Fsp3) is 0.261. The van der Waals surface area contributed by atoms with Crippen molar-refractivity contribution in [3.8, 4) is 0 Å². The van der Waals surface area contributed by atoms with Gasteiger partial charge in [0.1, 0.15) is 11.5 Å². The zero-order valence-corrected chi connectivity index (χ0v) is 19.1. The molecule has 33 heavy (non-hydrogen) atoms. The number of nitro groups is 1. The second kappa shape index (κ2) is 8.43. The zero-order chi connectivity index (χ0) is 23.1. The number of nitro benzene ring substituents is 1. The molecule has 0 aliphatic carbocycles. The number of hydrogen-bond donors (Lipinski definition) is 1. The first-order chi connectivity index (χ1) is 15.9. The van der Waals surface area contributed by atoms with Gasteiger partial charge in [-0.3, -0.25) is 19.7 Å². The van der Waals surface area contributed by atoms with E-state index < -0.39 is 10.8 Å². The molecule has 10 heteroatoms. The molecule has 0 radical (unpaired) electrons. The Bertz CT molecular complexity index is 1310. The highest BCUT2D eigenvalue weighted by atomic mass is 79.9. The smallest absolute Gasteiger partial charge is 0.293 e. The molecule has 2 unspecified atom stereocenters. The number of amides is 1. The van der Waals surface area contributed by atoms with Gasteiger partial charge in [-0.15, -0.1) is 0 Å². The number of aromatic nitrogens is 2. The number of anilines is 2. The van der Waals surface area contributed by atoms with Crippen LogP contribution in [0.4, 0.5) is 17.2 Å². The molecule has 1 saturated heterocycles. The van der Waals surface area contributed by atoms with Crippen LogP contribution in [0.5, 0.6) is 0 Å². The molecule has 2 atom stereocenters. The van der Waals surface area contributed by atoms with Gasteiger partial charge in [0.2, 0.25) is 0 Å². The molecule has 3 aromatic rings. The van der Waals surface area contributed by atoms with Gasteiger partial charge >= 0.3 is 0 Å². The lowest BCUT2D eigenvalue weighted by Gasteiger charge is -2.43. The summed E-state index contributed by atoms with van der Waals surface area (Å²) in [6, 6.07) is 13.2. The molecule has 1 amide bonds. The van der Waals surface area contributed by atoms with Crippen molar-refractivity contribution in [3.63, 3.8) is 0 Å². The van der Waals surface area contributed by atoms with Crippen molar-refractivity contribution >= 4 is 39.0 Å². The Morgan fingerprint density at radius 1 is 1.15 bits per heavy atom. The molecule has 1 fully saturated rings. The summed E-state index contributed by atoms with van der Waals surface area (Å²) in [6.45, 7) is 1.80. The van der Waals surface area contributed by atoms with E-state index in [1.165, 1.54) is 6.07 Å². The van der Waals surface area contributed by atoms with E-state index in [1.54, 1.807) is 42.6 Å². The van der Waals surface area contributed by atoms with Gasteiger partial charge in [-0.2, -0.15) is 0 Å². The second-order valence-electron chi connectivity index (χ2n) is 8.38. The molecular weight excluding hydrogens is 490 g/mol. The van der Waals surface area contributed by atoms with Crippen LogP contribution in [-0.2, 0) is 6.54 Å². The molecule has 2 bridgehead atoms.